The van der Waals surface area contributed by atoms with Gasteiger partial charge < -0.3 is 9.73 Å². The van der Waals surface area contributed by atoms with Crippen molar-refractivity contribution in [3.8, 4) is 11.3 Å². The summed E-state index contributed by atoms with van der Waals surface area (Å²) in [6.45, 7) is 2.55. The Hall–Kier alpha value is -2.78. The molecular formula is C17H17N5O3S. The molecule has 0 radical (unpaired) electrons. The summed E-state index contributed by atoms with van der Waals surface area (Å²) in [6.07, 6.45) is 3.14. The number of anilines is 1. The van der Waals surface area contributed by atoms with Gasteiger partial charge in [-0.05, 0) is 24.3 Å². The zero-order chi connectivity index (χ0) is 18.1. The van der Waals surface area contributed by atoms with Crippen LogP contribution in [0.2, 0.25) is 0 Å². The molecule has 3 heterocycles. The van der Waals surface area contributed by atoms with Gasteiger partial charge in [-0.25, -0.2) is 13.4 Å². The van der Waals surface area contributed by atoms with E-state index in [1.54, 1.807) is 55.8 Å². The Bertz CT molecular complexity index is 996. The quantitative estimate of drug-likeness (QED) is 0.731. The molecule has 3 aromatic rings. The zero-order valence-electron chi connectivity index (χ0n) is 14.0. The maximum absolute atomic E-state index is 12.7. The lowest BCUT2D eigenvalue weighted by molar-refractivity contribution is 0.280. The highest BCUT2D eigenvalue weighted by atomic mass is 32.2. The van der Waals surface area contributed by atoms with Crippen LogP contribution >= 0.6 is 0 Å². The molecule has 8 nitrogen and oxygen atoms in total. The van der Waals surface area contributed by atoms with E-state index in [1.807, 2.05) is 0 Å². The van der Waals surface area contributed by atoms with E-state index in [4.69, 9.17) is 4.42 Å². The first kappa shape index (κ1) is 16.7. The minimum atomic E-state index is -3.51. The van der Waals surface area contributed by atoms with E-state index in [1.165, 1.54) is 4.31 Å². The summed E-state index contributed by atoms with van der Waals surface area (Å²) < 4.78 is 32.0. The molecule has 1 aliphatic rings. The lowest BCUT2D eigenvalue weighted by Gasteiger charge is -2.38. The van der Waals surface area contributed by atoms with Gasteiger partial charge in [0.25, 0.3) is 0 Å². The fourth-order valence-corrected chi connectivity index (χ4v) is 4.29. The molecule has 134 valence electrons. The predicted octanol–water partition coefficient (Wildman–Crippen LogP) is 1.93. The molecular weight excluding hydrogens is 354 g/mol. The molecule has 0 unspecified atom stereocenters. The second kappa shape index (κ2) is 6.50. The van der Waals surface area contributed by atoms with Gasteiger partial charge in [-0.2, -0.15) is 9.40 Å². The van der Waals surface area contributed by atoms with Gasteiger partial charge in [0.15, 0.2) is 5.89 Å². The van der Waals surface area contributed by atoms with Gasteiger partial charge >= 0.3 is 0 Å². The summed E-state index contributed by atoms with van der Waals surface area (Å²) in [5.41, 5.74) is 1.50. The van der Waals surface area contributed by atoms with E-state index < -0.39 is 10.0 Å². The Morgan fingerprint density at radius 1 is 1.19 bits per heavy atom. The number of aryl methyl sites for hydroxylation is 1. The van der Waals surface area contributed by atoms with E-state index in [0.717, 1.165) is 5.56 Å². The number of benzene rings is 1. The first-order chi connectivity index (χ1) is 12.5. The summed E-state index contributed by atoms with van der Waals surface area (Å²) in [5.74, 6) is 1.21. The van der Waals surface area contributed by atoms with Gasteiger partial charge in [0.2, 0.25) is 10.0 Å². The van der Waals surface area contributed by atoms with Gasteiger partial charge in [0.1, 0.15) is 17.8 Å². The third-order valence-corrected chi connectivity index (χ3v) is 6.03. The molecule has 9 heteroatoms. The van der Waals surface area contributed by atoms with Crippen molar-refractivity contribution in [2.75, 3.05) is 18.4 Å². The number of aromatic nitrogens is 3. The average Bonchev–Trinajstić information content (AvgIpc) is 3.05. The standard InChI is InChI=1S/C17H17N5O3S/c1-12-19-16(11-25-12)13-4-6-15(7-5-13)26(23,24)22-9-14(10-22)20-17-3-2-8-18-21-17/h2-8,11,14H,9-10H2,1H3,(H,20,21). The Morgan fingerprint density at radius 2 is 1.96 bits per heavy atom. The number of rotatable bonds is 5. The topological polar surface area (TPSA) is 101 Å². The second-order valence-corrected chi connectivity index (χ2v) is 7.99. The summed E-state index contributed by atoms with van der Waals surface area (Å²) in [5, 5.41) is 10.9. The van der Waals surface area contributed by atoms with Gasteiger partial charge in [0, 0.05) is 31.8 Å². The number of nitrogens with one attached hydrogen (secondary N) is 1. The molecule has 0 amide bonds. The molecule has 1 aromatic carbocycles. The zero-order valence-corrected chi connectivity index (χ0v) is 14.8. The van der Waals surface area contributed by atoms with E-state index >= 15 is 0 Å². The molecule has 1 saturated heterocycles. The van der Waals surface area contributed by atoms with E-state index in [0.29, 0.717) is 30.5 Å². The van der Waals surface area contributed by atoms with Gasteiger partial charge in [-0.3, -0.25) is 0 Å². The van der Waals surface area contributed by atoms with Crippen LogP contribution in [0, 0.1) is 6.92 Å². The van der Waals surface area contributed by atoms with E-state index in [9.17, 15) is 8.42 Å². The highest BCUT2D eigenvalue weighted by molar-refractivity contribution is 7.89. The largest absolute Gasteiger partial charge is 0.449 e. The molecule has 0 aliphatic carbocycles. The molecule has 1 fully saturated rings. The number of hydrogen-bond donors (Lipinski definition) is 1. The van der Waals surface area contributed by atoms with Crippen LogP contribution in [0.4, 0.5) is 5.82 Å². The molecule has 4 rings (SSSR count). The maximum Gasteiger partial charge on any atom is 0.243 e. The SMILES string of the molecule is Cc1nc(-c2ccc(S(=O)(=O)N3CC(Nc4cccnn4)C3)cc2)co1. The number of sulfonamides is 1. The monoisotopic (exact) mass is 371 g/mol. The molecule has 26 heavy (non-hydrogen) atoms. The van der Waals surface area contributed by atoms with Crippen molar-refractivity contribution < 1.29 is 12.8 Å². The fraction of sp³-hybridized carbons (Fsp3) is 0.235. The van der Waals surface area contributed by atoms with Crippen LogP contribution < -0.4 is 5.32 Å². The molecule has 0 spiro atoms. The third kappa shape index (κ3) is 3.18. The normalized spacial score (nSPS) is 15.6. The van der Waals surface area contributed by atoms with Crippen LogP contribution in [0.1, 0.15) is 5.89 Å². The molecule has 1 N–H and O–H groups in total. The van der Waals surface area contributed by atoms with E-state index in [2.05, 4.69) is 20.5 Å². The molecule has 0 atom stereocenters. The number of oxazole rings is 1. The minimum Gasteiger partial charge on any atom is -0.449 e. The van der Waals surface area contributed by atoms with Crippen LogP contribution in [0.15, 0.2) is 58.2 Å². The number of hydrogen-bond acceptors (Lipinski definition) is 7. The lowest BCUT2D eigenvalue weighted by Crippen LogP contribution is -2.56. The second-order valence-electron chi connectivity index (χ2n) is 6.05. The van der Waals surface area contributed by atoms with Crippen LogP contribution in [0.25, 0.3) is 11.3 Å². The summed E-state index contributed by atoms with van der Waals surface area (Å²) in [6, 6.07) is 10.3. The summed E-state index contributed by atoms with van der Waals surface area (Å²) in [4.78, 5) is 4.50. The molecule has 0 bridgehead atoms. The van der Waals surface area contributed by atoms with Gasteiger partial charge in [-0.1, -0.05) is 12.1 Å². The predicted molar refractivity (Wildman–Crippen MR) is 94.9 cm³/mol. The number of nitrogens with zero attached hydrogens (tertiary/aromatic N) is 4. The lowest BCUT2D eigenvalue weighted by atomic mass is 10.2. The Balaban J connectivity index is 1.43. The van der Waals surface area contributed by atoms with Crippen LogP contribution in [0.3, 0.4) is 0 Å². The smallest absolute Gasteiger partial charge is 0.243 e. The highest BCUT2D eigenvalue weighted by Gasteiger charge is 2.36. The van der Waals surface area contributed by atoms with E-state index in [-0.39, 0.29) is 10.9 Å². The van der Waals surface area contributed by atoms with Crippen LogP contribution in [-0.4, -0.2) is 47.0 Å². The highest BCUT2D eigenvalue weighted by Crippen LogP contribution is 2.26. The first-order valence-corrected chi connectivity index (χ1v) is 9.53. The first-order valence-electron chi connectivity index (χ1n) is 8.09. The van der Waals surface area contributed by atoms with Crippen molar-refractivity contribution in [2.24, 2.45) is 0 Å². The summed E-state index contributed by atoms with van der Waals surface area (Å²) >= 11 is 0. The molecule has 2 aromatic heterocycles. The fourth-order valence-electron chi connectivity index (χ4n) is 2.76. The maximum atomic E-state index is 12.7. The Kier molecular flexibility index (Phi) is 4.17. The third-order valence-electron chi connectivity index (χ3n) is 4.18. The van der Waals surface area contributed by atoms with Gasteiger partial charge in [-0.15, -0.1) is 5.10 Å². The van der Waals surface area contributed by atoms with Crippen LogP contribution in [-0.2, 0) is 10.0 Å². The van der Waals surface area contributed by atoms with Crippen molar-refractivity contribution >= 4 is 15.8 Å². The van der Waals surface area contributed by atoms with Crippen molar-refractivity contribution in [1.29, 1.82) is 0 Å². The summed E-state index contributed by atoms with van der Waals surface area (Å²) in [7, 11) is -3.51. The van der Waals surface area contributed by atoms with Gasteiger partial charge in [0.05, 0.1) is 10.9 Å². The van der Waals surface area contributed by atoms with Crippen molar-refractivity contribution in [3.05, 3.63) is 54.7 Å². The van der Waals surface area contributed by atoms with Crippen molar-refractivity contribution in [1.82, 2.24) is 19.5 Å². The Labute approximate surface area is 150 Å². The average molecular weight is 371 g/mol. The Morgan fingerprint density at radius 3 is 2.58 bits per heavy atom. The minimum absolute atomic E-state index is 0.0267. The van der Waals surface area contributed by atoms with Crippen molar-refractivity contribution in [3.63, 3.8) is 0 Å². The van der Waals surface area contributed by atoms with Crippen LogP contribution in [0.5, 0.6) is 0 Å². The molecule has 1 aliphatic heterocycles. The molecule has 0 saturated carbocycles. The van der Waals surface area contributed by atoms with Crippen molar-refractivity contribution in [2.45, 2.75) is 17.9 Å².